The van der Waals surface area contributed by atoms with Gasteiger partial charge in [-0.15, -0.1) is 0 Å². The largest absolute Gasteiger partial charge is 0.397 e. The first kappa shape index (κ1) is 8.78. The van der Waals surface area contributed by atoms with Crippen molar-refractivity contribution in [2.24, 2.45) is 4.99 Å². The van der Waals surface area contributed by atoms with Crippen LogP contribution >= 0.6 is 0 Å². The highest BCUT2D eigenvalue weighted by molar-refractivity contribution is 5.84. The van der Waals surface area contributed by atoms with Crippen molar-refractivity contribution in [2.75, 3.05) is 5.73 Å². The molecule has 0 aliphatic rings. The summed E-state index contributed by atoms with van der Waals surface area (Å²) in [5.41, 5.74) is 9.56. The van der Waals surface area contributed by atoms with Gasteiger partial charge in [-0.3, -0.25) is 4.99 Å². The van der Waals surface area contributed by atoms with Crippen LogP contribution in [0.4, 0.5) is 11.4 Å². The van der Waals surface area contributed by atoms with Gasteiger partial charge in [0.15, 0.2) is 0 Å². The van der Waals surface area contributed by atoms with E-state index in [9.17, 15) is 0 Å². The van der Waals surface area contributed by atoms with Gasteiger partial charge < -0.3 is 5.73 Å². The predicted molar refractivity (Wildman–Crippen MR) is 54.0 cm³/mol. The monoisotopic (exact) mass is 162 g/mol. The van der Waals surface area contributed by atoms with Gasteiger partial charge in [-0.05, 0) is 38.5 Å². The highest BCUT2D eigenvalue weighted by Gasteiger charge is 1.95. The van der Waals surface area contributed by atoms with E-state index in [1.54, 1.807) is 0 Å². The lowest BCUT2D eigenvalue weighted by atomic mass is 10.2. The van der Waals surface area contributed by atoms with E-state index < -0.39 is 0 Å². The number of benzene rings is 1. The molecule has 0 spiro atoms. The van der Waals surface area contributed by atoms with E-state index in [0.717, 1.165) is 17.1 Å². The predicted octanol–water partition coefficient (Wildman–Crippen LogP) is 2.69. The lowest BCUT2D eigenvalue weighted by Gasteiger charge is -2.01. The summed E-state index contributed by atoms with van der Waals surface area (Å²) in [6.45, 7) is 5.93. The van der Waals surface area contributed by atoms with Crippen molar-refractivity contribution in [3.05, 3.63) is 23.8 Å². The van der Waals surface area contributed by atoms with Crippen molar-refractivity contribution in [3.8, 4) is 0 Å². The van der Waals surface area contributed by atoms with Crippen molar-refractivity contribution in [3.63, 3.8) is 0 Å². The summed E-state index contributed by atoms with van der Waals surface area (Å²) in [4.78, 5) is 4.29. The second kappa shape index (κ2) is 3.39. The van der Waals surface area contributed by atoms with Crippen LogP contribution in [0.2, 0.25) is 0 Å². The average molecular weight is 162 g/mol. The molecule has 2 heteroatoms. The van der Waals surface area contributed by atoms with Crippen LogP contribution in [0.15, 0.2) is 23.2 Å². The number of nitrogens with two attached hydrogens (primary N) is 1. The smallest absolute Gasteiger partial charge is 0.0858 e. The Labute approximate surface area is 73.1 Å². The lowest BCUT2D eigenvalue weighted by molar-refractivity contribution is 1.42. The Balaban J connectivity index is 3.10. The Kier molecular flexibility index (Phi) is 2.48. The van der Waals surface area contributed by atoms with Crippen LogP contribution < -0.4 is 5.73 Å². The first-order valence-corrected chi connectivity index (χ1v) is 3.97. The first-order chi connectivity index (χ1) is 5.59. The van der Waals surface area contributed by atoms with Crippen molar-refractivity contribution in [2.45, 2.75) is 20.8 Å². The fourth-order valence-corrected chi connectivity index (χ4v) is 1.02. The molecule has 0 heterocycles. The average Bonchev–Trinajstić information content (AvgIpc) is 1.94. The minimum atomic E-state index is 0.746. The third-order valence-corrected chi connectivity index (χ3v) is 1.53. The number of aliphatic imine (C=N–C) groups is 1. The summed E-state index contributed by atoms with van der Waals surface area (Å²) in [7, 11) is 0. The molecular weight excluding hydrogens is 148 g/mol. The molecule has 2 nitrogen and oxygen atoms in total. The molecule has 1 aromatic carbocycles. The van der Waals surface area contributed by atoms with Gasteiger partial charge in [0.05, 0.1) is 11.4 Å². The molecule has 1 aromatic rings. The molecule has 0 aliphatic carbocycles. The van der Waals surface area contributed by atoms with Crippen LogP contribution in [0.1, 0.15) is 19.4 Å². The summed E-state index contributed by atoms with van der Waals surface area (Å²) in [5, 5.41) is 0. The van der Waals surface area contributed by atoms with Crippen LogP contribution in [-0.2, 0) is 0 Å². The van der Waals surface area contributed by atoms with Crippen molar-refractivity contribution >= 4 is 17.1 Å². The topological polar surface area (TPSA) is 38.4 Å². The Morgan fingerprint density at radius 1 is 1.33 bits per heavy atom. The summed E-state index contributed by atoms with van der Waals surface area (Å²) in [5.74, 6) is 0. The summed E-state index contributed by atoms with van der Waals surface area (Å²) >= 11 is 0. The van der Waals surface area contributed by atoms with E-state index in [2.05, 4.69) is 4.99 Å². The van der Waals surface area contributed by atoms with E-state index in [1.807, 2.05) is 39.0 Å². The lowest BCUT2D eigenvalue weighted by Crippen LogP contribution is -1.88. The van der Waals surface area contributed by atoms with E-state index in [0.29, 0.717) is 0 Å². The van der Waals surface area contributed by atoms with Crippen LogP contribution in [0.25, 0.3) is 0 Å². The van der Waals surface area contributed by atoms with Gasteiger partial charge in [-0.2, -0.15) is 0 Å². The number of nitrogens with zero attached hydrogens (tertiary/aromatic N) is 1. The normalized spacial score (nSPS) is 9.58. The minimum Gasteiger partial charge on any atom is -0.397 e. The summed E-state index contributed by atoms with van der Waals surface area (Å²) < 4.78 is 0. The van der Waals surface area contributed by atoms with Gasteiger partial charge in [0.2, 0.25) is 0 Å². The molecule has 0 aliphatic heterocycles. The minimum absolute atomic E-state index is 0.746. The zero-order valence-electron chi connectivity index (χ0n) is 7.76. The van der Waals surface area contributed by atoms with Crippen molar-refractivity contribution in [1.29, 1.82) is 0 Å². The molecule has 0 amide bonds. The molecule has 0 fully saturated rings. The van der Waals surface area contributed by atoms with E-state index in [1.165, 1.54) is 5.56 Å². The van der Waals surface area contributed by atoms with Gasteiger partial charge in [0.1, 0.15) is 0 Å². The van der Waals surface area contributed by atoms with Crippen LogP contribution in [-0.4, -0.2) is 5.71 Å². The van der Waals surface area contributed by atoms with Gasteiger partial charge >= 0.3 is 0 Å². The Bertz CT molecular complexity index is 310. The van der Waals surface area contributed by atoms with Gasteiger partial charge in [-0.25, -0.2) is 0 Å². The molecule has 0 unspecified atom stereocenters. The zero-order valence-corrected chi connectivity index (χ0v) is 7.76. The van der Waals surface area contributed by atoms with Gasteiger partial charge in [0.25, 0.3) is 0 Å². The third kappa shape index (κ3) is 2.09. The molecule has 0 atom stereocenters. The number of aryl methyl sites for hydroxylation is 1. The Morgan fingerprint density at radius 2 is 2.00 bits per heavy atom. The first-order valence-electron chi connectivity index (χ1n) is 3.97. The second-order valence-electron chi connectivity index (χ2n) is 3.12. The maximum absolute atomic E-state index is 5.76. The highest BCUT2D eigenvalue weighted by Crippen LogP contribution is 2.22. The molecule has 12 heavy (non-hydrogen) atoms. The molecule has 2 N–H and O–H groups in total. The third-order valence-electron chi connectivity index (χ3n) is 1.53. The van der Waals surface area contributed by atoms with E-state index in [4.69, 9.17) is 5.73 Å². The molecular formula is C10H14N2. The number of nitrogen functional groups attached to an aromatic ring is 1. The standard InChI is InChI=1S/C10H14N2/c1-7(2)12-10-5-4-8(3)6-9(10)11/h4-6H,11H2,1-3H3. The number of hydrogen-bond donors (Lipinski definition) is 1. The Hall–Kier alpha value is -1.31. The quantitative estimate of drug-likeness (QED) is 0.500. The molecule has 0 radical (unpaired) electrons. The number of hydrogen-bond acceptors (Lipinski definition) is 2. The molecule has 0 aromatic heterocycles. The Morgan fingerprint density at radius 3 is 2.50 bits per heavy atom. The van der Waals surface area contributed by atoms with Gasteiger partial charge in [-0.1, -0.05) is 6.07 Å². The summed E-state index contributed by atoms with van der Waals surface area (Å²) in [6, 6.07) is 5.89. The van der Waals surface area contributed by atoms with Crippen molar-refractivity contribution in [1.82, 2.24) is 0 Å². The SMILES string of the molecule is CC(C)=Nc1ccc(C)cc1N. The maximum atomic E-state index is 5.76. The van der Waals surface area contributed by atoms with E-state index in [-0.39, 0.29) is 0 Å². The fourth-order valence-electron chi connectivity index (χ4n) is 1.02. The van der Waals surface area contributed by atoms with Gasteiger partial charge in [0, 0.05) is 5.71 Å². The van der Waals surface area contributed by atoms with Crippen LogP contribution in [0.5, 0.6) is 0 Å². The molecule has 0 bridgehead atoms. The van der Waals surface area contributed by atoms with Crippen LogP contribution in [0.3, 0.4) is 0 Å². The van der Waals surface area contributed by atoms with Crippen molar-refractivity contribution < 1.29 is 0 Å². The summed E-state index contributed by atoms with van der Waals surface area (Å²) in [6.07, 6.45) is 0. The molecule has 0 saturated heterocycles. The maximum Gasteiger partial charge on any atom is 0.0858 e. The molecule has 1 rings (SSSR count). The molecule has 0 saturated carbocycles. The molecule has 64 valence electrons. The van der Waals surface area contributed by atoms with E-state index >= 15 is 0 Å². The zero-order chi connectivity index (χ0) is 9.14. The van der Waals surface area contributed by atoms with Crippen LogP contribution in [0, 0.1) is 6.92 Å². The number of rotatable bonds is 1. The highest BCUT2D eigenvalue weighted by atomic mass is 14.8. The fraction of sp³-hybridized carbons (Fsp3) is 0.300. The number of anilines is 1. The second-order valence-corrected chi connectivity index (χ2v) is 3.12.